The van der Waals surface area contributed by atoms with Crippen LogP contribution in [0.1, 0.15) is 11.5 Å². The Morgan fingerprint density at radius 3 is 2.39 bits per heavy atom. The minimum absolute atomic E-state index is 0.0328. The van der Waals surface area contributed by atoms with Crippen LogP contribution in [0.25, 0.3) is 10.7 Å². The molecule has 10 heteroatoms. The number of halogens is 5. The summed E-state index contributed by atoms with van der Waals surface area (Å²) < 4.78 is 40.6. The average molecular weight is 379 g/mol. The number of alkyl halides is 3. The van der Waals surface area contributed by atoms with Crippen LogP contribution < -0.4 is 0 Å². The average Bonchev–Trinajstić information content (AvgIpc) is 3.07. The van der Waals surface area contributed by atoms with Crippen LogP contribution in [0.4, 0.5) is 13.2 Å². The predicted molar refractivity (Wildman–Crippen MR) is 81.7 cm³/mol. The molecule has 0 bridgehead atoms. The summed E-state index contributed by atoms with van der Waals surface area (Å²) >= 11 is 12.7. The molecular weight excluding hydrogens is 372 g/mol. The van der Waals surface area contributed by atoms with Crippen LogP contribution in [0.2, 0.25) is 9.36 Å². The zero-order chi connectivity index (χ0) is 16.6. The molecule has 0 aliphatic carbocycles. The van der Waals surface area contributed by atoms with Crippen LogP contribution in [0.3, 0.4) is 0 Å². The highest BCUT2D eigenvalue weighted by Crippen LogP contribution is 2.34. The van der Waals surface area contributed by atoms with Crippen LogP contribution in [0.15, 0.2) is 30.7 Å². The maximum absolute atomic E-state index is 12.9. The highest BCUT2D eigenvalue weighted by molar-refractivity contribution is 7.19. The summed E-state index contributed by atoms with van der Waals surface area (Å²) in [5, 5.41) is 0.348. The second-order valence-electron chi connectivity index (χ2n) is 4.50. The first kappa shape index (κ1) is 16.2. The predicted octanol–water partition coefficient (Wildman–Crippen LogP) is 4.78. The second kappa shape index (κ2) is 6.10. The van der Waals surface area contributed by atoms with Gasteiger partial charge in [0, 0.05) is 18.6 Å². The van der Waals surface area contributed by atoms with E-state index in [1.807, 2.05) is 0 Å². The van der Waals surface area contributed by atoms with Crippen molar-refractivity contribution in [1.29, 1.82) is 0 Å². The first-order valence-corrected chi connectivity index (χ1v) is 7.76. The summed E-state index contributed by atoms with van der Waals surface area (Å²) in [7, 11) is 0. The molecule has 0 amide bonds. The Labute approximate surface area is 142 Å². The Morgan fingerprint density at radius 2 is 1.83 bits per heavy atom. The Hall–Kier alpha value is -1.64. The van der Waals surface area contributed by atoms with E-state index in [9.17, 15) is 13.2 Å². The highest BCUT2D eigenvalue weighted by Gasteiger charge is 2.35. The van der Waals surface area contributed by atoms with E-state index in [2.05, 4.69) is 15.0 Å². The summed E-state index contributed by atoms with van der Waals surface area (Å²) in [5.41, 5.74) is -0.981. The Balaban J connectivity index is 2.03. The zero-order valence-electron chi connectivity index (χ0n) is 11.2. The van der Waals surface area contributed by atoms with E-state index in [0.717, 1.165) is 17.5 Å². The van der Waals surface area contributed by atoms with Gasteiger partial charge in [-0.15, -0.1) is 11.3 Å². The van der Waals surface area contributed by atoms with Crippen LogP contribution in [0, 0.1) is 0 Å². The molecule has 0 fully saturated rings. The lowest BCUT2D eigenvalue weighted by atomic mass is 10.4. The molecule has 3 heterocycles. The monoisotopic (exact) mass is 378 g/mol. The van der Waals surface area contributed by atoms with Crippen molar-refractivity contribution in [3.8, 4) is 10.7 Å². The van der Waals surface area contributed by atoms with Gasteiger partial charge in [-0.05, 0) is 12.1 Å². The molecule has 3 aromatic heterocycles. The van der Waals surface area contributed by atoms with Crippen molar-refractivity contribution < 1.29 is 13.2 Å². The molecule has 0 N–H and O–H groups in total. The van der Waals surface area contributed by atoms with Gasteiger partial charge < -0.3 is 4.57 Å². The molecule has 3 aromatic rings. The van der Waals surface area contributed by atoms with Crippen molar-refractivity contribution in [3.63, 3.8) is 0 Å². The molecule has 4 nitrogen and oxygen atoms in total. The molecule has 0 spiro atoms. The lowest BCUT2D eigenvalue weighted by molar-refractivity contribution is -0.140. The van der Waals surface area contributed by atoms with Gasteiger partial charge in [-0.25, -0.2) is 15.0 Å². The number of hydrogen-bond donors (Lipinski definition) is 0. The maximum Gasteiger partial charge on any atom is 0.434 e. The van der Waals surface area contributed by atoms with Crippen molar-refractivity contribution in [2.75, 3.05) is 0 Å². The highest BCUT2D eigenvalue weighted by atomic mass is 35.5. The molecule has 0 radical (unpaired) electrons. The molecule has 0 aliphatic rings. The zero-order valence-corrected chi connectivity index (χ0v) is 13.5. The standard InChI is InChI=1S/C13H7Cl2F3N4S/c14-7-3-19-11(20-4-7)6-22-5-9(13(16,17)18)21-12(22)8-1-2-10(15)23-8/h1-5H,6H2. The number of hydrogen-bond acceptors (Lipinski definition) is 4. The first-order valence-electron chi connectivity index (χ1n) is 6.19. The molecule has 0 saturated carbocycles. The Kier molecular flexibility index (Phi) is 4.31. The van der Waals surface area contributed by atoms with Gasteiger partial charge >= 0.3 is 6.18 Å². The fourth-order valence-corrected chi connectivity index (χ4v) is 3.02. The van der Waals surface area contributed by atoms with Crippen LogP contribution in [0.5, 0.6) is 0 Å². The SMILES string of the molecule is FC(F)(F)c1cn(Cc2ncc(Cl)cn2)c(-c2ccc(Cl)s2)n1. The smallest absolute Gasteiger partial charge is 0.322 e. The number of aromatic nitrogens is 4. The molecule has 0 unspecified atom stereocenters. The van der Waals surface area contributed by atoms with Gasteiger partial charge in [0.15, 0.2) is 11.5 Å². The van der Waals surface area contributed by atoms with Crippen molar-refractivity contribution >= 4 is 34.5 Å². The fourth-order valence-electron chi connectivity index (χ4n) is 1.88. The third-order valence-corrected chi connectivity index (χ3v) is 4.27. The van der Waals surface area contributed by atoms with Crippen molar-refractivity contribution in [3.05, 3.63) is 51.6 Å². The number of thiophene rings is 1. The van der Waals surface area contributed by atoms with E-state index < -0.39 is 11.9 Å². The summed E-state index contributed by atoms with van der Waals surface area (Å²) in [6, 6.07) is 3.22. The van der Waals surface area contributed by atoms with Crippen molar-refractivity contribution in [2.45, 2.75) is 12.7 Å². The topological polar surface area (TPSA) is 43.6 Å². The van der Waals surface area contributed by atoms with E-state index in [1.54, 1.807) is 12.1 Å². The van der Waals surface area contributed by atoms with Crippen LogP contribution in [-0.2, 0) is 12.7 Å². The Bertz CT molecular complexity index is 827. The van der Waals surface area contributed by atoms with Gasteiger partial charge in [0.25, 0.3) is 0 Å². The summed E-state index contributed by atoms with van der Waals surface area (Å²) in [4.78, 5) is 12.2. The van der Waals surface area contributed by atoms with Gasteiger partial charge in [0.2, 0.25) is 0 Å². The van der Waals surface area contributed by atoms with Crippen LogP contribution >= 0.6 is 34.5 Å². The molecular formula is C13H7Cl2F3N4S. The number of nitrogens with zero attached hydrogens (tertiary/aromatic N) is 4. The summed E-state index contributed by atoms with van der Waals surface area (Å²) in [6.07, 6.45) is -0.844. The lowest BCUT2D eigenvalue weighted by Gasteiger charge is -2.05. The quantitative estimate of drug-likeness (QED) is 0.658. The lowest BCUT2D eigenvalue weighted by Crippen LogP contribution is -2.06. The second-order valence-corrected chi connectivity index (χ2v) is 6.65. The van der Waals surface area contributed by atoms with E-state index in [0.29, 0.717) is 20.1 Å². The third kappa shape index (κ3) is 3.65. The molecule has 3 rings (SSSR count). The normalized spacial score (nSPS) is 11.9. The van der Waals surface area contributed by atoms with Crippen LogP contribution in [-0.4, -0.2) is 19.5 Å². The van der Waals surface area contributed by atoms with Crippen molar-refractivity contribution in [1.82, 2.24) is 19.5 Å². The van der Waals surface area contributed by atoms with E-state index in [4.69, 9.17) is 23.2 Å². The molecule has 0 saturated heterocycles. The Morgan fingerprint density at radius 1 is 1.13 bits per heavy atom. The minimum Gasteiger partial charge on any atom is -0.322 e. The number of imidazole rings is 1. The largest absolute Gasteiger partial charge is 0.434 e. The first-order chi connectivity index (χ1) is 10.8. The fraction of sp³-hybridized carbons (Fsp3) is 0.154. The summed E-state index contributed by atoms with van der Waals surface area (Å²) in [5.74, 6) is 0.484. The van der Waals surface area contributed by atoms with Gasteiger partial charge in [-0.2, -0.15) is 13.2 Å². The molecule has 120 valence electrons. The van der Waals surface area contributed by atoms with E-state index in [1.165, 1.54) is 17.0 Å². The van der Waals surface area contributed by atoms with Gasteiger partial charge in [0.1, 0.15) is 5.82 Å². The molecule has 0 atom stereocenters. The maximum atomic E-state index is 12.9. The van der Waals surface area contributed by atoms with E-state index in [-0.39, 0.29) is 12.4 Å². The van der Waals surface area contributed by atoms with E-state index >= 15 is 0 Å². The van der Waals surface area contributed by atoms with Gasteiger partial charge in [0.05, 0.1) is 20.8 Å². The van der Waals surface area contributed by atoms with Gasteiger partial charge in [-0.3, -0.25) is 0 Å². The number of rotatable bonds is 3. The van der Waals surface area contributed by atoms with Gasteiger partial charge in [-0.1, -0.05) is 23.2 Å². The third-order valence-electron chi connectivity index (χ3n) is 2.85. The minimum atomic E-state index is -4.54. The van der Waals surface area contributed by atoms with Crippen molar-refractivity contribution in [2.24, 2.45) is 0 Å². The molecule has 0 aliphatic heterocycles. The summed E-state index contributed by atoms with van der Waals surface area (Å²) in [6.45, 7) is 0.0328. The molecule has 23 heavy (non-hydrogen) atoms. The molecule has 0 aromatic carbocycles.